The fourth-order valence-electron chi connectivity index (χ4n) is 3.07. The molecule has 3 rings (SSSR count). The lowest BCUT2D eigenvalue weighted by atomic mass is 10.0. The summed E-state index contributed by atoms with van der Waals surface area (Å²) < 4.78 is 0. The molecule has 0 radical (unpaired) electrons. The molecule has 0 unspecified atom stereocenters. The molecule has 0 fully saturated rings. The first kappa shape index (κ1) is 17.5. The molecule has 3 nitrogen and oxygen atoms in total. The van der Waals surface area contributed by atoms with Crippen LogP contribution in [0.2, 0.25) is 0 Å². The fraction of sp³-hybridized carbons (Fsp3) is 0.316. The minimum absolute atomic E-state index is 0. The van der Waals surface area contributed by atoms with Crippen molar-refractivity contribution in [1.82, 2.24) is 9.88 Å². The van der Waals surface area contributed by atoms with E-state index in [-0.39, 0.29) is 17.8 Å². The summed E-state index contributed by atoms with van der Waals surface area (Å²) in [6.45, 7) is 7.42. The number of para-hydroxylation sites is 1. The van der Waals surface area contributed by atoms with Gasteiger partial charge in [-0.2, -0.15) is 0 Å². The first-order valence-electron chi connectivity index (χ1n) is 7.99. The number of likely N-dealkylation sites (N-methyl/N-ethyl adjacent to an activating group) is 1. The zero-order chi connectivity index (χ0) is 15.5. The molecule has 0 amide bonds. The summed E-state index contributed by atoms with van der Waals surface area (Å²) in [5.41, 5.74) is 3.11. The number of H-pyrrole nitrogens is 1. The van der Waals surface area contributed by atoms with Gasteiger partial charge in [-0.15, -0.1) is 12.4 Å². The predicted molar refractivity (Wildman–Crippen MR) is 101 cm³/mol. The molecule has 0 aliphatic rings. The molecular formula is C19H23ClN2O. The molecule has 23 heavy (non-hydrogen) atoms. The summed E-state index contributed by atoms with van der Waals surface area (Å²) in [6, 6.07) is 13.8. The van der Waals surface area contributed by atoms with Crippen LogP contribution in [0.1, 0.15) is 19.4 Å². The highest BCUT2D eigenvalue weighted by molar-refractivity contribution is 5.94. The molecule has 0 aliphatic carbocycles. The van der Waals surface area contributed by atoms with Crippen LogP contribution in [0.25, 0.3) is 21.8 Å². The summed E-state index contributed by atoms with van der Waals surface area (Å²) >= 11 is 0. The van der Waals surface area contributed by atoms with Crippen LogP contribution in [0.3, 0.4) is 0 Å². The van der Waals surface area contributed by atoms with E-state index in [9.17, 15) is 4.79 Å². The van der Waals surface area contributed by atoms with Crippen LogP contribution in [0.15, 0.2) is 47.3 Å². The third-order valence-corrected chi connectivity index (χ3v) is 4.41. The Hall–Kier alpha value is -1.84. The minimum Gasteiger partial charge on any atom is -0.354 e. The van der Waals surface area contributed by atoms with Crippen LogP contribution in [0, 0.1) is 0 Å². The highest BCUT2D eigenvalue weighted by atomic mass is 35.5. The SMILES string of the molecule is CCN(CC)CCc1cccc2[nH]c3ccccc3c(=O)c12.Cl. The molecule has 0 bridgehead atoms. The maximum absolute atomic E-state index is 12.9. The molecule has 1 aromatic heterocycles. The van der Waals surface area contributed by atoms with Crippen molar-refractivity contribution in [1.29, 1.82) is 0 Å². The molecule has 0 spiro atoms. The molecule has 1 heterocycles. The Morgan fingerprint density at radius 1 is 0.957 bits per heavy atom. The second kappa shape index (κ2) is 7.62. The summed E-state index contributed by atoms with van der Waals surface area (Å²) in [5.74, 6) is 0. The first-order valence-corrected chi connectivity index (χ1v) is 7.99. The average molecular weight is 331 g/mol. The zero-order valence-electron chi connectivity index (χ0n) is 13.6. The van der Waals surface area contributed by atoms with Crippen molar-refractivity contribution in [2.24, 2.45) is 0 Å². The maximum Gasteiger partial charge on any atom is 0.197 e. The Balaban J connectivity index is 0.00000192. The molecular weight excluding hydrogens is 308 g/mol. The molecule has 1 N–H and O–H groups in total. The average Bonchev–Trinajstić information content (AvgIpc) is 2.56. The Labute approximate surface area is 142 Å². The molecule has 0 atom stereocenters. The summed E-state index contributed by atoms with van der Waals surface area (Å²) in [4.78, 5) is 18.6. The van der Waals surface area contributed by atoms with Gasteiger partial charge in [0.2, 0.25) is 0 Å². The van der Waals surface area contributed by atoms with Crippen molar-refractivity contribution in [2.45, 2.75) is 20.3 Å². The zero-order valence-corrected chi connectivity index (χ0v) is 14.5. The third kappa shape index (κ3) is 3.41. The Kier molecular flexibility index (Phi) is 5.80. The van der Waals surface area contributed by atoms with E-state index in [2.05, 4.69) is 29.8 Å². The second-order valence-electron chi connectivity index (χ2n) is 5.62. The first-order chi connectivity index (χ1) is 10.7. The van der Waals surface area contributed by atoms with E-state index in [4.69, 9.17) is 0 Å². The molecule has 3 aromatic rings. The number of hydrogen-bond donors (Lipinski definition) is 1. The number of nitrogens with zero attached hydrogens (tertiary/aromatic N) is 1. The fourth-order valence-corrected chi connectivity index (χ4v) is 3.07. The number of rotatable bonds is 5. The number of hydrogen-bond acceptors (Lipinski definition) is 2. The number of nitrogens with one attached hydrogen (secondary N) is 1. The molecule has 0 saturated carbocycles. The van der Waals surface area contributed by atoms with Gasteiger partial charge in [-0.05, 0) is 43.3 Å². The monoisotopic (exact) mass is 330 g/mol. The second-order valence-corrected chi connectivity index (χ2v) is 5.62. The van der Waals surface area contributed by atoms with Gasteiger partial charge in [0.25, 0.3) is 0 Å². The van der Waals surface area contributed by atoms with Gasteiger partial charge in [0.1, 0.15) is 0 Å². The lowest BCUT2D eigenvalue weighted by Gasteiger charge is -2.18. The molecule has 4 heteroatoms. The summed E-state index contributed by atoms with van der Waals surface area (Å²) in [6.07, 6.45) is 0.903. The number of fused-ring (bicyclic) bond motifs is 2. The van der Waals surface area contributed by atoms with Crippen LogP contribution in [-0.4, -0.2) is 29.5 Å². The lowest BCUT2D eigenvalue weighted by Crippen LogP contribution is -2.25. The standard InChI is InChI=1S/C19H22N2O.ClH/c1-3-21(4-2)13-12-14-8-7-11-17-18(14)19(22)15-9-5-6-10-16(15)20-17;/h5-11H,3-4,12-13H2,1-2H3,(H,20,22);1H. The lowest BCUT2D eigenvalue weighted by molar-refractivity contribution is 0.308. The van der Waals surface area contributed by atoms with E-state index in [0.717, 1.165) is 53.4 Å². The van der Waals surface area contributed by atoms with Crippen LogP contribution in [0.5, 0.6) is 0 Å². The predicted octanol–water partition coefficient (Wildman–Crippen LogP) is 3.99. The van der Waals surface area contributed by atoms with Gasteiger partial charge in [0.15, 0.2) is 5.43 Å². The van der Waals surface area contributed by atoms with Gasteiger partial charge in [0, 0.05) is 22.8 Å². The number of halogens is 1. The maximum atomic E-state index is 12.9. The largest absolute Gasteiger partial charge is 0.354 e. The van der Waals surface area contributed by atoms with Crippen molar-refractivity contribution in [2.75, 3.05) is 19.6 Å². The van der Waals surface area contributed by atoms with Crippen LogP contribution >= 0.6 is 12.4 Å². The number of aromatic amines is 1. The van der Waals surface area contributed by atoms with Crippen molar-refractivity contribution >= 4 is 34.2 Å². The van der Waals surface area contributed by atoms with E-state index in [1.54, 1.807) is 0 Å². The van der Waals surface area contributed by atoms with Gasteiger partial charge in [0.05, 0.1) is 5.52 Å². The van der Waals surface area contributed by atoms with Gasteiger partial charge in [-0.1, -0.05) is 38.1 Å². The van der Waals surface area contributed by atoms with Crippen molar-refractivity contribution in [3.05, 3.63) is 58.3 Å². The van der Waals surface area contributed by atoms with Crippen molar-refractivity contribution < 1.29 is 0 Å². The van der Waals surface area contributed by atoms with E-state index >= 15 is 0 Å². The highest BCUT2D eigenvalue weighted by Gasteiger charge is 2.10. The van der Waals surface area contributed by atoms with Crippen molar-refractivity contribution in [3.8, 4) is 0 Å². The highest BCUT2D eigenvalue weighted by Crippen LogP contribution is 2.18. The van der Waals surface area contributed by atoms with Crippen LogP contribution < -0.4 is 5.43 Å². The Bertz CT molecular complexity index is 853. The van der Waals surface area contributed by atoms with Gasteiger partial charge >= 0.3 is 0 Å². The molecule has 122 valence electrons. The van der Waals surface area contributed by atoms with E-state index in [1.165, 1.54) is 0 Å². The third-order valence-electron chi connectivity index (χ3n) is 4.41. The number of benzene rings is 2. The van der Waals surface area contributed by atoms with Crippen LogP contribution in [0.4, 0.5) is 0 Å². The normalized spacial score (nSPS) is 11.1. The Morgan fingerprint density at radius 3 is 2.39 bits per heavy atom. The molecule has 0 aliphatic heterocycles. The minimum atomic E-state index is 0. The summed E-state index contributed by atoms with van der Waals surface area (Å²) in [5, 5.41) is 1.61. The Morgan fingerprint density at radius 2 is 1.65 bits per heavy atom. The smallest absolute Gasteiger partial charge is 0.197 e. The topological polar surface area (TPSA) is 36.1 Å². The van der Waals surface area contributed by atoms with Crippen LogP contribution in [-0.2, 0) is 6.42 Å². The van der Waals surface area contributed by atoms with E-state index in [0.29, 0.717) is 0 Å². The number of pyridine rings is 1. The quantitative estimate of drug-likeness (QED) is 0.718. The van der Waals surface area contributed by atoms with Crippen molar-refractivity contribution in [3.63, 3.8) is 0 Å². The van der Waals surface area contributed by atoms with E-state index in [1.807, 2.05) is 36.4 Å². The van der Waals surface area contributed by atoms with E-state index < -0.39 is 0 Å². The van der Waals surface area contributed by atoms with Gasteiger partial charge < -0.3 is 9.88 Å². The van der Waals surface area contributed by atoms with Gasteiger partial charge in [-0.3, -0.25) is 4.79 Å². The summed E-state index contributed by atoms with van der Waals surface area (Å²) in [7, 11) is 0. The van der Waals surface area contributed by atoms with Gasteiger partial charge in [-0.25, -0.2) is 0 Å². The molecule has 2 aromatic carbocycles. The number of aromatic nitrogens is 1. The molecule has 0 saturated heterocycles.